The van der Waals surface area contributed by atoms with Crippen LogP contribution in [0, 0.1) is 5.92 Å². The molecule has 2 aliphatic rings. The molecule has 3 amide bonds. The minimum absolute atomic E-state index is 0.332. The number of nitrogens with zero attached hydrogens (tertiary/aromatic N) is 2. The summed E-state index contributed by atoms with van der Waals surface area (Å²) in [7, 11) is 0. The Hall–Kier alpha value is -3.87. The molecular formula is C29H19ClF3N3O4S2. The molecule has 214 valence electrons. The maximum Gasteiger partial charge on any atom is 0.418 e. The summed E-state index contributed by atoms with van der Waals surface area (Å²) in [6, 6.07) is 19.6. The number of anilines is 2. The molecule has 3 unspecified atom stereocenters. The molecule has 3 aromatic carbocycles. The van der Waals surface area contributed by atoms with Crippen molar-refractivity contribution in [1.82, 2.24) is 4.57 Å². The summed E-state index contributed by atoms with van der Waals surface area (Å²) < 4.78 is 42.9. The quantitative estimate of drug-likeness (QED) is 0.273. The van der Waals surface area contributed by atoms with E-state index in [2.05, 4.69) is 5.32 Å². The zero-order valence-corrected chi connectivity index (χ0v) is 23.7. The topological polar surface area (TPSA) is 88.5 Å². The third-order valence-corrected chi connectivity index (χ3v) is 9.94. The normalized spacial score (nSPS) is 19.9. The molecule has 0 aliphatic carbocycles. The van der Waals surface area contributed by atoms with Crippen LogP contribution in [0.3, 0.4) is 0 Å². The number of aromatic nitrogens is 1. The number of para-hydroxylation sites is 1. The molecule has 1 N–H and O–H groups in total. The molecule has 3 atom stereocenters. The van der Waals surface area contributed by atoms with Gasteiger partial charge in [0.25, 0.3) is 0 Å². The predicted molar refractivity (Wildman–Crippen MR) is 154 cm³/mol. The standard InChI is InChI=1S/C29H19ClF3N3O4S2/c30-16-10-12-17(13-11-16)34-20(37)14-35-27-24(42-28(35)40)21(15-6-2-1-3-7-15)22-23(41-27)26(39)36(25(22)38)19-9-5-4-8-18(19)29(31,32)33/h1-13,21-23H,14H2,(H,34,37). The van der Waals surface area contributed by atoms with Gasteiger partial charge in [0.1, 0.15) is 11.8 Å². The van der Waals surface area contributed by atoms with Gasteiger partial charge in [0.05, 0.1) is 22.2 Å². The Morgan fingerprint density at radius 1 is 0.905 bits per heavy atom. The fourth-order valence-electron chi connectivity index (χ4n) is 5.30. The van der Waals surface area contributed by atoms with E-state index in [1.807, 2.05) is 0 Å². The molecule has 0 bridgehead atoms. The van der Waals surface area contributed by atoms with Crippen LogP contribution >= 0.6 is 34.7 Å². The number of carbonyl (C=O) groups excluding carboxylic acids is 3. The number of alkyl halides is 3. The van der Waals surface area contributed by atoms with Gasteiger partial charge < -0.3 is 5.32 Å². The number of amides is 3. The molecule has 1 fully saturated rings. The zero-order valence-electron chi connectivity index (χ0n) is 21.3. The van der Waals surface area contributed by atoms with Gasteiger partial charge in [0, 0.05) is 21.5 Å². The molecule has 1 aromatic heterocycles. The zero-order chi connectivity index (χ0) is 29.8. The van der Waals surface area contributed by atoms with Gasteiger partial charge in [0.2, 0.25) is 17.7 Å². The van der Waals surface area contributed by atoms with Gasteiger partial charge in [-0.15, -0.1) is 0 Å². The van der Waals surface area contributed by atoms with Crippen molar-refractivity contribution >= 4 is 63.8 Å². The third kappa shape index (κ3) is 4.93. The van der Waals surface area contributed by atoms with Crippen LogP contribution in [0.25, 0.3) is 0 Å². The van der Waals surface area contributed by atoms with Gasteiger partial charge in [-0.2, -0.15) is 13.2 Å². The Labute approximate surface area is 249 Å². The Kier molecular flexibility index (Phi) is 7.24. The van der Waals surface area contributed by atoms with E-state index in [4.69, 9.17) is 11.6 Å². The van der Waals surface area contributed by atoms with Gasteiger partial charge in [0.15, 0.2) is 0 Å². The first-order valence-corrected chi connectivity index (χ1v) is 14.7. The fraction of sp³-hybridized carbons (Fsp3) is 0.172. The number of carbonyl (C=O) groups is 3. The number of imide groups is 1. The van der Waals surface area contributed by atoms with Crippen molar-refractivity contribution in [3.63, 3.8) is 0 Å². The highest BCUT2D eigenvalue weighted by Crippen LogP contribution is 2.54. The highest BCUT2D eigenvalue weighted by molar-refractivity contribution is 8.00. The van der Waals surface area contributed by atoms with E-state index in [0.29, 0.717) is 31.1 Å². The van der Waals surface area contributed by atoms with Crippen LogP contribution in [-0.2, 0) is 27.1 Å². The lowest BCUT2D eigenvalue weighted by molar-refractivity contribution is -0.137. The van der Waals surface area contributed by atoms with Crippen molar-refractivity contribution in [2.24, 2.45) is 5.92 Å². The number of benzene rings is 3. The fourth-order valence-corrected chi connectivity index (χ4v) is 8.20. The number of hydrogen-bond donors (Lipinski definition) is 1. The van der Waals surface area contributed by atoms with Crippen LogP contribution < -0.4 is 15.1 Å². The average molecular weight is 630 g/mol. The largest absolute Gasteiger partial charge is 0.418 e. The molecule has 0 spiro atoms. The van der Waals surface area contributed by atoms with Gasteiger partial charge in [-0.05, 0) is 42.0 Å². The molecule has 13 heteroatoms. The smallest absolute Gasteiger partial charge is 0.325 e. The summed E-state index contributed by atoms with van der Waals surface area (Å²) in [5.41, 5.74) is -0.547. The second kappa shape index (κ2) is 10.8. The van der Waals surface area contributed by atoms with E-state index >= 15 is 0 Å². The van der Waals surface area contributed by atoms with E-state index in [1.54, 1.807) is 54.6 Å². The lowest BCUT2D eigenvalue weighted by atomic mass is 9.83. The van der Waals surface area contributed by atoms with Gasteiger partial charge in [-0.1, -0.05) is 77.2 Å². The summed E-state index contributed by atoms with van der Waals surface area (Å²) in [6.07, 6.45) is -4.80. The van der Waals surface area contributed by atoms with E-state index < -0.39 is 57.1 Å². The first-order valence-electron chi connectivity index (χ1n) is 12.6. The Morgan fingerprint density at radius 2 is 1.57 bits per heavy atom. The first-order chi connectivity index (χ1) is 20.0. The molecular weight excluding hydrogens is 611 g/mol. The lowest BCUT2D eigenvalue weighted by Crippen LogP contribution is -2.33. The number of halogens is 4. The molecule has 0 radical (unpaired) electrons. The highest BCUT2D eigenvalue weighted by Gasteiger charge is 2.57. The van der Waals surface area contributed by atoms with E-state index in [1.165, 1.54) is 16.7 Å². The minimum atomic E-state index is -4.80. The number of rotatable bonds is 5. The highest BCUT2D eigenvalue weighted by atomic mass is 35.5. The van der Waals surface area contributed by atoms with Crippen molar-refractivity contribution in [3.05, 3.63) is 110 Å². The van der Waals surface area contributed by atoms with Gasteiger partial charge in [-0.25, -0.2) is 4.90 Å². The summed E-state index contributed by atoms with van der Waals surface area (Å²) in [5, 5.41) is 2.40. The number of thioether (sulfide) groups is 1. The maximum atomic E-state index is 13.9. The second-order valence-electron chi connectivity index (χ2n) is 9.66. The molecule has 42 heavy (non-hydrogen) atoms. The number of nitrogens with one attached hydrogen (secondary N) is 1. The third-order valence-electron chi connectivity index (χ3n) is 7.09. The summed E-state index contributed by atoms with van der Waals surface area (Å²) in [5.74, 6) is -3.94. The van der Waals surface area contributed by atoms with Crippen molar-refractivity contribution < 1.29 is 27.6 Å². The van der Waals surface area contributed by atoms with Gasteiger partial charge >= 0.3 is 11.0 Å². The molecule has 6 rings (SSSR count). The average Bonchev–Trinajstić information content (AvgIpc) is 3.40. The van der Waals surface area contributed by atoms with E-state index in [-0.39, 0.29) is 6.54 Å². The number of fused-ring (bicyclic) bond motifs is 2. The maximum absolute atomic E-state index is 13.9. The molecule has 2 aliphatic heterocycles. The Balaban J connectivity index is 1.41. The number of hydrogen-bond acceptors (Lipinski definition) is 6. The monoisotopic (exact) mass is 629 g/mol. The minimum Gasteiger partial charge on any atom is -0.325 e. The Bertz CT molecular complexity index is 1770. The van der Waals surface area contributed by atoms with Crippen LogP contribution in [0.2, 0.25) is 5.02 Å². The molecule has 4 aromatic rings. The van der Waals surface area contributed by atoms with Crippen molar-refractivity contribution in [2.45, 2.75) is 28.9 Å². The van der Waals surface area contributed by atoms with Gasteiger partial charge in [-0.3, -0.25) is 23.7 Å². The van der Waals surface area contributed by atoms with Crippen LogP contribution in [0.1, 0.15) is 21.9 Å². The summed E-state index contributed by atoms with van der Waals surface area (Å²) in [4.78, 5) is 54.4. The lowest BCUT2D eigenvalue weighted by Gasteiger charge is -2.30. The van der Waals surface area contributed by atoms with Crippen LogP contribution in [0.15, 0.2) is 88.7 Å². The first kappa shape index (κ1) is 28.3. The van der Waals surface area contributed by atoms with E-state index in [9.17, 15) is 32.3 Å². The summed E-state index contributed by atoms with van der Waals surface area (Å²) >= 11 is 7.69. The molecule has 0 saturated carbocycles. The molecule has 3 heterocycles. The van der Waals surface area contributed by atoms with Crippen LogP contribution in [0.5, 0.6) is 0 Å². The predicted octanol–water partition coefficient (Wildman–Crippen LogP) is 6.02. The van der Waals surface area contributed by atoms with Crippen LogP contribution in [0.4, 0.5) is 24.5 Å². The van der Waals surface area contributed by atoms with E-state index in [0.717, 1.165) is 35.2 Å². The van der Waals surface area contributed by atoms with Crippen LogP contribution in [-0.4, -0.2) is 27.5 Å². The second-order valence-corrected chi connectivity index (χ2v) is 12.2. The van der Waals surface area contributed by atoms with Crippen molar-refractivity contribution in [3.8, 4) is 0 Å². The Morgan fingerprint density at radius 3 is 2.26 bits per heavy atom. The van der Waals surface area contributed by atoms with Crippen molar-refractivity contribution in [2.75, 3.05) is 10.2 Å². The van der Waals surface area contributed by atoms with Crippen molar-refractivity contribution in [1.29, 1.82) is 0 Å². The molecule has 7 nitrogen and oxygen atoms in total. The summed E-state index contributed by atoms with van der Waals surface area (Å²) in [6.45, 7) is -0.373. The SMILES string of the molecule is O=C(Cn1c2c(sc1=O)C(c1ccccc1)C1C(=O)N(c3ccccc3C(F)(F)F)C(=O)C1S2)Nc1ccc(Cl)cc1. The number of thiazole rings is 1. The molecule has 1 saturated heterocycles.